The predicted molar refractivity (Wildman–Crippen MR) is 121 cm³/mol. The van der Waals surface area contributed by atoms with E-state index in [0.29, 0.717) is 19.0 Å². The summed E-state index contributed by atoms with van der Waals surface area (Å²) in [5.41, 5.74) is 3.59. The average molecular weight is 440 g/mol. The molecular formula is C23H26FN5OS. The zero-order valence-electron chi connectivity index (χ0n) is 18.2. The minimum Gasteiger partial charge on any atom is -0.347 e. The topological polar surface area (TPSA) is 62.2 Å². The molecule has 1 aromatic carbocycles. The third-order valence-electron chi connectivity index (χ3n) is 5.63. The number of piperidine rings is 1. The van der Waals surface area contributed by atoms with Crippen molar-refractivity contribution in [3.63, 3.8) is 0 Å². The summed E-state index contributed by atoms with van der Waals surface area (Å²) in [5, 5.41) is 0.914. The van der Waals surface area contributed by atoms with Gasteiger partial charge in [0.2, 0.25) is 5.95 Å². The lowest BCUT2D eigenvalue weighted by atomic mass is 9.89. The van der Waals surface area contributed by atoms with Gasteiger partial charge in [0, 0.05) is 44.9 Å². The number of rotatable bonds is 4. The van der Waals surface area contributed by atoms with E-state index in [1.54, 1.807) is 12.1 Å². The Bertz CT molecular complexity index is 1090. The molecule has 3 aromatic rings. The number of carbonyl (C=O) groups excluding carboxylic acids is 1. The highest BCUT2D eigenvalue weighted by Crippen LogP contribution is 2.35. The summed E-state index contributed by atoms with van der Waals surface area (Å²) in [6.07, 6.45) is 3.47. The fraction of sp³-hybridized carbons (Fsp3) is 0.391. The molecule has 0 saturated carbocycles. The van der Waals surface area contributed by atoms with Gasteiger partial charge in [-0.3, -0.25) is 4.79 Å². The van der Waals surface area contributed by atoms with E-state index in [2.05, 4.69) is 9.97 Å². The van der Waals surface area contributed by atoms with Crippen LogP contribution in [0.5, 0.6) is 0 Å². The normalized spacial score (nSPS) is 14.7. The van der Waals surface area contributed by atoms with Crippen LogP contribution in [0.2, 0.25) is 0 Å². The van der Waals surface area contributed by atoms with Gasteiger partial charge in [-0.2, -0.15) is 0 Å². The molecule has 31 heavy (non-hydrogen) atoms. The van der Waals surface area contributed by atoms with E-state index in [0.717, 1.165) is 45.2 Å². The van der Waals surface area contributed by atoms with Crippen LogP contribution in [0.25, 0.3) is 11.1 Å². The zero-order chi connectivity index (χ0) is 22.1. The van der Waals surface area contributed by atoms with E-state index in [-0.39, 0.29) is 17.6 Å². The van der Waals surface area contributed by atoms with Crippen LogP contribution < -0.4 is 4.90 Å². The number of aromatic nitrogens is 3. The SMILES string of the molecule is Cc1nc(C)c(C(=O)N2CCC(c3nc(N(C)C)ncc3-c3ccc(F)cc3)CC2)s1. The van der Waals surface area contributed by atoms with Crippen LogP contribution in [0.1, 0.15) is 44.8 Å². The summed E-state index contributed by atoms with van der Waals surface area (Å²) in [5.74, 6) is 0.652. The summed E-state index contributed by atoms with van der Waals surface area (Å²) in [6, 6.07) is 6.44. The van der Waals surface area contributed by atoms with Crippen molar-refractivity contribution < 1.29 is 9.18 Å². The number of benzene rings is 1. The minimum atomic E-state index is -0.267. The van der Waals surface area contributed by atoms with Gasteiger partial charge in [-0.1, -0.05) is 12.1 Å². The first kappa shape index (κ1) is 21.4. The number of likely N-dealkylation sites (tertiary alicyclic amines) is 1. The Balaban J connectivity index is 1.58. The number of carbonyl (C=O) groups is 1. The fourth-order valence-electron chi connectivity index (χ4n) is 3.99. The van der Waals surface area contributed by atoms with Crippen molar-refractivity contribution in [2.24, 2.45) is 0 Å². The van der Waals surface area contributed by atoms with Gasteiger partial charge >= 0.3 is 0 Å². The van der Waals surface area contributed by atoms with Crippen molar-refractivity contribution in [3.05, 3.63) is 57.6 Å². The van der Waals surface area contributed by atoms with Crippen molar-refractivity contribution in [1.29, 1.82) is 0 Å². The maximum absolute atomic E-state index is 13.4. The summed E-state index contributed by atoms with van der Waals surface area (Å²) in [6.45, 7) is 5.16. The lowest BCUT2D eigenvalue weighted by Crippen LogP contribution is -2.38. The number of hydrogen-bond donors (Lipinski definition) is 0. The molecule has 1 saturated heterocycles. The highest BCUT2D eigenvalue weighted by Gasteiger charge is 2.29. The summed E-state index contributed by atoms with van der Waals surface area (Å²) >= 11 is 1.46. The molecule has 0 bridgehead atoms. The number of halogens is 1. The highest BCUT2D eigenvalue weighted by molar-refractivity contribution is 7.13. The summed E-state index contributed by atoms with van der Waals surface area (Å²) in [7, 11) is 3.83. The van der Waals surface area contributed by atoms with Gasteiger partial charge < -0.3 is 9.80 Å². The Kier molecular flexibility index (Phi) is 6.00. The van der Waals surface area contributed by atoms with Crippen molar-refractivity contribution in [2.75, 3.05) is 32.1 Å². The van der Waals surface area contributed by atoms with E-state index < -0.39 is 0 Å². The maximum atomic E-state index is 13.4. The third kappa shape index (κ3) is 4.44. The molecule has 1 aliphatic heterocycles. The minimum absolute atomic E-state index is 0.0666. The number of thiazole rings is 1. The van der Waals surface area contributed by atoms with Gasteiger partial charge in [0.05, 0.1) is 16.4 Å². The standard InChI is InChI=1S/C23H26FN5OS/c1-14-21(31-15(2)26-14)22(30)29-11-9-17(10-12-29)20-19(13-25-23(27-20)28(3)4)16-5-7-18(24)8-6-16/h5-8,13,17H,9-12H2,1-4H3. The number of amides is 1. The second-order valence-corrected chi connectivity index (χ2v) is 9.29. The maximum Gasteiger partial charge on any atom is 0.265 e. The molecular weight excluding hydrogens is 413 g/mol. The van der Waals surface area contributed by atoms with Crippen LogP contribution in [-0.2, 0) is 0 Å². The van der Waals surface area contributed by atoms with Gasteiger partial charge in [-0.05, 0) is 44.4 Å². The van der Waals surface area contributed by atoms with Crippen molar-refractivity contribution in [2.45, 2.75) is 32.6 Å². The number of nitrogens with zero attached hydrogens (tertiary/aromatic N) is 5. The predicted octanol–water partition coefficient (Wildman–Crippen LogP) is 4.44. The molecule has 0 atom stereocenters. The monoisotopic (exact) mass is 439 g/mol. The molecule has 1 aliphatic rings. The van der Waals surface area contributed by atoms with Gasteiger partial charge in [0.25, 0.3) is 5.91 Å². The lowest BCUT2D eigenvalue weighted by Gasteiger charge is -2.32. The van der Waals surface area contributed by atoms with Crippen molar-refractivity contribution in [3.8, 4) is 11.1 Å². The molecule has 0 aliphatic carbocycles. The largest absolute Gasteiger partial charge is 0.347 e. The molecule has 0 N–H and O–H groups in total. The lowest BCUT2D eigenvalue weighted by molar-refractivity contribution is 0.0716. The molecule has 0 radical (unpaired) electrons. The van der Waals surface area contributed by atoms with Crippen LogP contribution in [0.3, 0.4) is 0 Å². The third-order valence-corrected chi connectivity index (χ3v) is 6.69. The van der Waals surface area contributed by atoms with E-state index in [9.17, 15) is 9.18 Å². The zero-order valence-corrected chi connectivity index (χ0v) is 19.0. The molecule has 0 spiro atoms. The first-order valence-corrected chi connectivity index (χ1v) is 11.2. The van der Waals surface area contributed by atoms with Crippen LogP contribution in [-0.4, -0.2) is 52.9 Å². The smallest absolute Gasteiger partial charge is 0.265 e. The number of hydrogen-bond acceptors (Lipinski definition) is 6. The fourth-order valence-corrected chi connectivity index (χ4v) is 4.88. The Morgan fingerprint density at radius 3 is 2.39 bits per heavy atom. The quantitative estimate of drug-likeness (QED) is 0.601. The van der Waals surface area contributed by atoms with Crippen molar-refractivity contribution in [1.82, 2.24) is 19.9 Å². The molecule has 2 aromatic heterocycles. The second-order valence-electron chi connectivity index (χ2n) is 8.08. The average Bonchev–Trinajstić information content (AvgIpc) is 3.11. The molecule has 8 heteroatoms. The molecule has 1 amide bonds. The highest BCUT2D eigenvalue weighted by atomic mass is 32.1. The van der Waals surface area contributed by atoms with E-state index in [4.69, 9.17) is 4.98 Å². The van der Waals surface area contributed by atoms with Crippen LogP contribution in [0.15, 0.2) is 30.5 Å². The molecule has 162 valence electrons. The van der Waals surface area contributed by atoms with Gasteiger partial charge in [0.15, 0.2) is 0 Å². The Labute approximate surface area is 185 Å². The Morgan fingerprint density at radius 2 is 1.81 bits per heavy atom. The Morgan fingerprint density at radius 1 is 1.13 bits per heavy atom. The van der Waals surface area contributed by atoms with Crippen LogP contribution >= 0.6 is 11.3 Å². The molecule has 1 fully saturated rings. The second kappa shape index (κ2) is 8.70. The number of anilines is 1. The van der Waals surface area contributed by atoms with Crippen LogP contribution in [0.4, 0.5) is 10.3 Å². The van der Waals surface area contributed by atoms with E-state index in [1.807, 2.05) is 43.9 Å². The molecule has 4 rings (SSSR count). The van der Waals surface area contributed by atoms with Gasteiger partial charge in [-0.25, -0.2) is 19.3 Å². The Hall–Kier alpha value is -2.87. The van der Waals surface area contributed by atoms with Crippen molar-refractivity contribution >= 4 is 23.2 Å². The van der Waals surface area contributed by atoms with Crippen LogP contribution in [0, 0.1) is 19.7 Å². The molecule has 0 unspecified atom stereocenters. The van der Waals surface area contributed by atoms with E-state index >= 15 is 0 Å². The number of aryl methyl sites for hydroxylation is 2. The first-order chi connectivity index (χ1) is 14.8. The van der Waals surface area contributed by atoms with E-state index in [1.165, 1.54) is 23.5 Å². The summed E-state index contributed by atoms with van der Waals surface area (Å²) in [4.78, 5) is 31.2. The van der Waals surface area contributed by atoms with Gasteiger partial charge in [0.1, 0.15) is 10.7 Å². The molecule has 3 heterocycles. The first-order valence-electron chi connectivity index (χ1n) is 10.4. The summed E-state index contributed by atoms with van der Waals surface area (Å²) < 4.78 is 13.4. The molecule has 6 nitrogen and oxygen atoms in total. The van der Waals surface area contributed by atoms with Gasteiger partial charge in [-0.15, -0.1) is 11.3 Å².